The van der Waals surface area contributed by atoms with E-state index in [0.29, 0.717) is 5.92 Å². The maximum atomic E-state index is 5.36. The van der Waals surface area contributed by atoms with Crippen LogP contribution in [0.1, 0.15) is 52.6 Å². The zero-order valence-corrected chi connectivity index (χ0v) is 19.5. The smallest absolute Gasteiger partial charge is 0.0464 e. The lowest BCUT2D eigenvalue weighted by atomic mass is 9.97. The SMILES string of the molecule is COCCC(CCNc1c(C)cc(C)cc1C)CCNc1c(C)cc(C)cc1C. The predicted octanol–water partition coefficient (Wildman–Crippen LogP) is 6.49. The first kappa shape index (κ1) is 23.3. The van der Waals surface area contributed by atoms with Crippen LogP contribution in [-0.2, 0) is 4.74 Å². The van der Waals surface area contributed by atoms with E-state index in [2.05, 4.69) is 76.4 Å². The molecule has 0 aliphatic heterocycles. The van der Waals surface area contributed by atoms with Gasteiger partial charge in [0.05, 0.1) is 0 Å². The molecule has 0 aliphatic carbocycles. The third-order valence-electron chi connectivity index (χ3n) is 5.79. The first-order valence-corrected chi connectivity index (χ1v) is 10.9. The van der Waals surface area contributed by atoms with Gasteiger partial charge in [-0.1, -0.05) is 35.4 Å². The van der Waals surface area contributed by atoms with Crippen LogP contribution in [0.25, 0.3) is 0 Å². The van der Waals surface area contributed by atoms with Gasteiger partial charge in [-0.15, -0.1) is 0 Å². The number of hydrogen-bond donors (Lipinski definition) is 2. The highest BCUT2D eigenvalue weighted by Gasteiger charge is 2.11. The molecule has 0 unspecified atom stereocenters. The van der Waals surface area contributed by atoms with E-state index >= 15 is 0 Å². The molecule has 0 spiro atoms. The van der Waals surface area contributed by atoms with E-state index in [4.69, 9.17) is 4.74 Å². The van der Waals surface area contributed by atoms with Gasteiger partial charge in [0.2, 0.25) is 0 Å². The topological polar surface area (TPSA) is 33.3 Å². The van der Waals surface area contributed by atoms with Gasteiger partial charge in [0.25, 0.3) is 0 Å². The highest BCUT2D eigenvalue weighted by atomic mass is 16.5. The zero-order chi connectivity index (χ0) is 21.4. The first-order chi connectivity index (χ1) is 13.8. The van der Waals surface area contributed by atoms with E-state index in [1.165, 1.54) is 44.8 Å². The van der Waals surface area contributed by atoms with Gasteiger partial charge >= 0.3 is 0 Å². The van der Waals surface area contributed by atoms with Crippen LogP contribution in [0, 0.1) is 47.5 Å². The molecule has 0 fully saturated rings. The molecule has 2 N–H and O–H groups in total. The summed E-state index contributed by atoms with van der Waals surface area (Å²) in [7, 11) is 1.80. The normalized spacial score (nSPS) is 11.2. The van der Waals surface area contributed by atoms with Crippen molar-refractivity contribution in [2.45, 2.75) is 60.8 Å². The molecule has 2 aromatic carbocycles. The molecule has 0 heterocycles. The molecule has 3 heteroatoms. The fourth-order valence-electron chi connectivity index (χ4n) is 4.44. The van der Waals surface area contributed by atoms with Gasteiger partial charge in [0.1, 0.15) is 0 Å². The average Bonchev–Trinajstić information content (AvgIpc) is 2.63. The summed E-state index contributed by atoms with van der Waals surface area (Å²) in [6.45, 7) is 15.9. The minimum atomic E-state index is 0.645. The Balaban J connectivity index is 1.89. The number of aryl methyl sites for hydroxylation is 6. The summed E-state index contributed by atoms with van der Waals surface area (Å²) in [5.74, 6) is 0.645. The van der Waals surface area contributed by atoms with Crippen LogP contribution in [0.5, 0.6) is 0 Å². The van der Waals surface area contributed by atoms with Crippen molar-refractivity contribution in [1.82, 2.24) is 0 Å². The van der Waals surface area contributed by atoms with Gasteiger partial charge in [-0.2, -0.15) is 0 Å². The van der Waals surface area contributed by atoms with Crippen molar-refractivity contribution in [1.29, 1.82) is 0 Å². The minimum absolute atomic E-state index is 0.645. The molecule has 0 amide bonds. The molecule has 3 nitrogen and oxygen atoms in total. The highest BCUT2D eigenvalue weighted by molar-refractivity contribution is 5.59. The van der Waals surface area contributed by atoms with Crippen molar-refractivity contribution >= 4 is 11.4 Å². The van der Waals surface area contributed by atoms with Crippen LogP contribution in [0.4, 0.5) is 11.4 Å². The lowest BCUT2D eigenvalue weighted by molar-refractivity contribution is 0.174. The Hall–Kier alpha value is -2.00. The molecular weight excluding hydrogens is 356 g/mol. The van der Waals surface area contributed by atoms with E-state index in [9.17, 15) is 0 Å². The maximum absolute atomic E-state index is 5.36. The molecular formula is C26H40N2O. The fraction of sp³-hybridized carbons (Fsp3) is 0.538. The number of rotatable bonds is 11. The van der Waals surface area contributed by atoms with Crippen LogP contribution in [0.3, 0.4) is 0 Å². The van der Waals surface area contributed by atoms with Gasteiger partial charge < -0.3 is 15.4 Å². The molecule has 0 saturated carbocycles. The van der Waals surface area contributed by atoms with Crippen molar-refractivity contribution in [3.05, 3.63) is 57.6 Å². The number of ether oxygens (including phenoxy) is 1. The molecule has 0 radical (unpaired) electrons. The summed E-state index contributed by atoms with van der Waals surface area (Å²) in [5.41, 5.74) is 10.6. The molecule has 0 aliphatic rings. The fourth-order valence-corrected chi connectivity index (χ4v) is 4.44. The third-order valence-corrected chi connectivity index (χ3v) is 5.79. The maximum Gasteiger partial charge on any atom is 0.0464 e. The molecule has 2 rings (SSSR count). The lowest BCUT2D eigenvalue weighted by Gasteiger charge is -2.20. The van der Waals surface area contributed by atoms with E-state index in [0.717, 1.165) is 39.0 Å². The predicted molar refractivity (Wildman–Crippen MR) is 128 cm³/mol. The average molecular weight is 397 g/mol. The summed E-state index contributed by atoms with van der Waals surface area (Å²) in [4.78, 5) is 0. The summed E-state index contributed by atoms with van der Waals surface area (Å²) in [6.07, 6.45) is 3.42. The molecule has 0 saturated heterocycles. The molecule has 29 heavy (non-hydrogen) atoms. The van der Waals surface area contributed by atoms with Crippen molar-refractivity contribution < 1.29 is 4.74 Å². The van der Waals surface area contributed by atoms with E-state index in [1.54, 1.807) is 7.11 Å². The molecule has 160 valence electrons. The van der Waals surface area contributed by atoms with Crippen molar-refractivity contribution in [3.63, 3.8) is 0 Å². The number of benzene rings is 2. The van der Waals surface area contributed by atoms with Gasteiger partial charge in [-0.3, -0.25) is 0 Å². The number of hydrogen-bond acceptors (Lipinski definition) is 3. The second-order valence-electron chi connectivity index (χ2n) is 8.63. The first-order valence-electron chi connectivity index (χ1n) is 10.9. The number of anilines is 2. The number of nitrogens with one attached hydrogen (secondary N) is 2. The largest absolute Gasteiger partial charge is 0.385 e. The standard InChI is InChI=1S/C26H40N2O/c1-18-14-20(3)25(21(4)15-18)27-11-8-24(10-13-29-7)9-12-28-26-22(5)16-19(2)17-23(26)6/h14-17,24,27-28H,8-13H2,1-7H3. The quantitative estimate of drug-likeness (QED) is 0.455. The van der Waals surface area contributed by atoms with Gasteiger partial charge in [-0.25, -0.2) is 0 Å². The Kier molecular flexibility index (Phi) is 9.03. The highest BCUT2D eigenvalue weighted by Crippen LogP contribution is 2.24. The Bertz CT molecular complexity index is 688. The van der Waals surface area contributed by atoms with Crippen molar-refractivity contribution in [2.24, 2.45) is 5.92 Å². The van der Waals surface area contributed by atoms with E-state index in [1.807, 2.05) is 0 Å². The van der Waals surface area contributed by atoms with E-state index < -0.39 is 0 Å². The molecule has 0 bridgehead atoms. The second kappa shape index (κ2) is 11.3. The van der Waals surface area contributed by atoms with Gasteiger partial charge in [-0.05, 0) is 89.0 Å². The molecule has 0 atom stereocenters. The molecule has 2 aromatic rings. The minimum Gasteiger partial charge on any atom is -0.385 e. The number of methoxy groups -OCH3 is 1. The van der Waals surface area contributed by atoms with Crippen LogP contribution in [-0.4, -0.2) is 26.8 Å². The van der Waals surface area contributed by atoms with Crippen LogP contribution in [0.2, 0.25) is 0 Å². The summed E-state index contributed by atoms with van der Waals surface area (Å²) >= 11 is 0. The van der Waals surface area contributed by atoms with E-state index in [-0.39, 0.29) is 0 Å². The Morgan fingerprint density at radius 1 is 0.655 bits per heavy atom. The monoisotopic (exact) mass is 396 g/mol. The second-order valence-corrected chi connectivity index (χ2v) is 8.63. The molecule has 0 aromatic heterocycles. The Labute approximate surface area is 178 Å². The van der Waals surface area contributed by atoms with Crippen LogP contribution < -0.4 is 10.6 Å². The Morgan fingerprint density at radius 2 is 1.03 bits per heavy atom. The summed E-state index contributed by atoms with van der Waals surface area (Å²) < 4.78 is 5.36. The van der Waals surface area contributed by atoms with Gasteiger partial charge in [0.15, 0.2) is 0 Å². The summed E-state index contributed by atoms with van der Waals surface area (Å²) in [5, 5.41) is 7.37. The third kappa shape index (κ3) is 7.08. The van der Waals surface area contributed by atoms with Gasteiger partial charge in [0, 0.05) is 38.2 Å². The van der Waals surface area contributed by atoms with Crippen molar-refractivity contribution in [3.8, 4) is 0 Å². The lowest BCUT2D eigenvalue weighted by Crippen LogP contribution is -2.16. The summed E-state index contributed by atoms with van der Waals surface area (Å²) in [6, 6.07) is 9.03. The van der Waals surface area contributed by atoms with Crippen molar-refractivity contribution in [2.75, 3.05) is 37.4 Å². The van der Waals surface area contributed by atoms with Crippen LogP contribution in [0.15, 0.2) is 24.3 Å². The van der Waals surface area contributed by atoms with Crippen LogP contribution >= 0.6 is 0 Å². The Morgan fingerprint density at radius 3 is 1.38 bits per heavy atom. The zero-order valence-electron chi connectivity index (χ0n) is 19.5.